The molecule has 0 aliphatic carbocycles. The molecule has 0 radical (unpaired) electrons. The molecule has 104 valence electrons. The lowest BCUT2D eigenvalue weighted by molar-refractivity contribution is -0.112. The fourth-order valence-corrected chi connectivity index (χ4v) is 3.05. The first-order valence-electron chi connectivity index (χ1n) is 6.63. The summed E-state index contributed by atoms with van der Waals surface area (Å²) < 4.78 is 0. The maximum absolute atomic E-state index is 11.5. The van der Waals surface area contributed by atoms with Crippen LogP contribution in [0, 0.1) is 0 Å². The lowest BCUT2D eigenvalue weighted by atomic mass is 10.2. The topological polar surface area (TPSA) is 32.7 Å². The summed E-state index contributed by atoms with van der Waals surface area (Å²) in [7, 11) is 0. The van der Waals surface area contributed by atoms with Gasteiger partial charge < -0.3 is 0 Å². The molecule has 0 saturated heterocycles. The van der Waals surface area contributed by atoms with Gasteiger partial charge in [-0.25, -0.2) is 5.01 Å². The van der Waals surface area contributed by atoms with Crippen LogP contribution < -0.4 is 5.01 Å². The van der Waals surface area contributed by atoms with Crippen molar-refractivity contribution in [1.82, 2.24) is 0 Å². The molecule has 21 heavy (non-hydrogen) atoms. The van der Waals surface area contributed by atoms with E-state index in [9.17, 15) is 4.79 Å². The molecule has 0 amide bonds. The fraction of sp³-hybridized carbons (Fsp3) is 0.0588. The number of hydrogen-bond donors (Lipinski definition) is 0. The summed E-state index contributed by atoms with van der Waals surface area (Å²) in [6, 6.07) is 19.8. The number of hydrazone groups is 1. The SMILES string of the molecule is CC(=O)/C=C1\SC(c2ccccc2)=NN1c1ccccc1. The maximum Gasteiger partial charge on any atom is 0.155 e. The van der Waals surface area contributed by atoms with Crippen molar-refractivity contribution in [3.63, 3.8) is 0 Å². The third-order valence-electron chi connectivity index (χ3n) is 2.95. The van der Waals surface area contributed by atoms with E-state index in [4.69, 9.17) is 0 Å². The van der Waals surface area contributed by atoms with Crippen molar-refractivity contribution in [3.05, 3.63) is 77.3 Å². The fourth-order valence-electron chi connectivity index (χ4n) is 2.02. The van der Waals surface area contributed by atoms with Gasteiger partial charge in [-0.2, -0.15) is 5.10 Å². The molecule has 2 aromatic rings. The van der Waals surface area contributed by atoms with Crippen molar-refractivity contribution in [2.75, 3.05) is 5.01 Å². The van der Waals surface area contributed by atoms with Crippen molar-refractivity contribution in [2.24, 2.45) is 5.10 Å². The van der Waals surface area contributed by atoms with E-state index in [-0.39, 0.29) is 5.78 Å². The van der Waals surface area contributed by atoms with Gasteiger partial charge in [0.2, 0.25) is 0 Å². The predicted molar refractivity (Wildman–Crippen MR) is 88.3 cm³/mol. The van der Waals surface area contributed by atoms with Crippen LogP contribution in [0.2, 0.25) is 0 Å². The lowest BCUT2D eigenvalue weighted by Gasteiger charge is -2.14. The molecular formula is C17H14N2OS. The average Bonchev–Trinajstić information content (AvgIpc) is 2.92. The van der Waals surface area contributed by atoms with Crippen LogP contribution in [0.3, 0.4) is 0 Å². The largest absolute Gasteiger partial charge is 0.295 e. The van der Waals surface area contributed by atoms with Gasteiger partial charge in [0.05, 0.1) is 5.69 Å². The monoisotopic (exact) mass is 294 g/mol. The Hall–Kier alpha value is -2.33. The Balaban J connectivity index is 2.01. The Bertz CT molecular complexity index is 708. The lowest BCUT2D eigenvalue weighted by Crippen LogP contribution is -2.10. The van der Waals surface area contributed by atoms with E-state index in [1.807, 2.05) is 65.7 Å². The minimum Gasteiger partial charge on any atom is -0.295 e. The Morgan fingerprint density at radius 3 is 2.29 bits per heavy atom. The Morgan fingerprint density at radius 1 is 1.05 bits per heavy atom. The Kier molecular flexibility index (Phi) is 3.88. The summed E-state index contributed by atoms with van der Waals surface area (Å²) in [5.41, 5.74) is 2.00. The smallest absolute Gasteiger partial charge is 0.155 e. The minimum atomic E-state index is 0.0166. The second kappa shape index (κ2) is 5.97. The highest BCUT2D eigenvalue weighted by Crippen LogP contribution is 2.36. The van der Waals surface area contributed by atoms with Crippen LogP contribution in [-0.4, -0.2) is 10.8 Å². The number of thioether (sulfide) groups is 1. The van der Waals surface area contributed by atoms with Gasteiger partial charge in [-0.15, -0.1) is 0 Å². The van der Waals surface area contributed by atoms with Gasteiger partial charge in [0.25, 0.3) is 0 Å². The van der Waals surface area contributed by atoms with Crippen LogP contribution in [0.4, 0.5) is 5.69 Å². The summed E-state index contributed by atoms with van der Waals surface area (Å²) in [6.45, 7) is 1.55. The zero-order valence-corrected chi connectivity index (χ0v) is 12.4. The molecule has 1 aliphatic heterocycles. The zero-order valence-electron chi connectivity index (χ0n) is 11.6. The van der Waals surface area contributed by atoms with Crippen LogP contribution in [0.25, 0.3) is 0 Å². The third-order valence-corrected chi connectivity index (χ3v) is 3.96. The molecule has 4 heteroatoms. The molecule has 0 fully saturated rings. The first-order chi connectivity index (χ1) is 10.2. The molecule has 1 aliphatic rings. The van der Waals surface area contributed by atoms with Gasteiger partial charge in [0, 0.05) is 11.6 Å². The molecule has 0 bridgehead atoms. The highest BCUT2D eigenvalue weighted by Gasteiger charge is 2.24. The number of para-hydroxylation sites is 1. The summed E-state index contributed by atoms with van der Waals surface area (Å²) in [4.78, 5) is 11.5. The molecule has 0 saturated carbocycles. The third kappa shape index (κ3) is 3.06. The number of nitrogens with zero attached hydrogens (tertiary/aromatic N) is 2. The zero-order chi connectivity index (χ0) is 14.7. The highest BCUT2D eigenvalue weighted by molar-refractivity contribution is 8.18. The molecule has 0 unspecified atom stereocenters. The molecule has 3 rings (SSSR count). The molecule has 1 heterocycles. The van der Waals surface area contributed by atoms with Crippen LogP contribution in [-0.2, 0) is 4.79 Å². The summed E-state index contributed by atoms with van der Waals surface area (Å²) in [5.74, 6) is 0.0166. The number of carbonyl (C=O) groups excluding carboxylic acids is 1. The molecule has 3 nitrogen and oxygen atoms in total. The molecule has 0 spiro atoms. The number of ketones is 1. The molecule has 0 atom stereocenters. The number of anilines is 1. The second-order valence-electron chi connectivity index (χ2n) is 4.61. The standard InChI is InChI=1S/C17H14N2OS/c1-13(20)12-16-19(15-10-6-3-7-11-15)18-17(21-16)14-8-4-2-5-9-14/h2-12H,1H3/b16-12-. The number of hydrogen-bond acceptors (Lipinski definition) is 4. The van der Waals surface area contributed by atoms with E-state index in [1.165, 1.54) is 11.8 Å². The summed E-state index contributed by atoms with van der Waals surface area (Å²) in [5, 5.41) is 8.19. The number of rotatable bonds is 3. The average molecular weight is 294 g/mol. The van der Waals surface area contributed by atoms with E-state index >= 15 is 0 Å². The van der Waals surface area contributed by atoms with Gasteiger partial charge in [-0.05, 0) is 30.8 Å². The van der Waals surface area contributed by atoms with Crippen molar-refractivity contribution < 1.29 is 4.79 Å². The van der Waals surface area contributed by atoms with E-state index in [1.54, 1.807) is 13.0 Å². The van der Waals surface area contributed by atoms with Crippen molar-refractivity contribution in [2.45, 2.75) is 6.92 Å². The maximum atomic E-state index is 11.5. The molecule has 0 N–H and O–H groups in total. The van der Waals surface area contributed by atoms with Gasteiger partial charge >= 0.3 is 0 Å². The minimum absolute atomic E-state index is 0.0166. The molecule has 2 aromatic carbocycles. The van der Waals surface area contributed by atoms with Crippen LogP contribution in [0.15, 0.2) is 76.9 Å². The van der Waals surface area contributed by atoms with Crippen molar-refractivity contribution in [3.8, 4) is 0 Å². The van der Waals surface area contributed by atoms with Crippen LogP contribution in [0.1, 0.15) is 12.5 Å². The highest BCUT2D eigenvalue weighted by atomic mass is 32.2. The van der Waals surface area contributed by atoms with E-state index in [0.717, 1.165) is 21.3 Å². The molecular weight excluding hydrogens is 280 g/mol. The van der Waals surface area contributed by atoms with Crippen molar-refractivity contribution >= 4 is 28.3 Å². The van der Waals surface area contributed by atoms with E-state index < -0.39 is 0 Å². The number of carbonyl (C=O) groups is 1. The van der Waals surface area contributed by atoms with Crippen LogP contribution in [0.5, 0.6) is 0 Å². The second-order valence-corrected chi connectivity index (χ2v) is 5.62. The first kappa shape index (κ1) is 13.6. The predicted octanol–water partition coefficient (Wildman–Crippen LogP) is 4.03. The summed E-state index contributed by atoms with van der Waals surface area (Å²) >= 11 is 1.51. The molecule has 0 aromatic heterocycles. The van der Waals surface area contributed by atoms with E-state index in [0.29, 0.717) is 0 Å². The Morgan fingerprint density at radius 2 is 1.67 bits per heavy atom. The van der Waals surface area contributed by atoms with Gasteiger partial charge in [0.15, 0.2) is 5.78 Å². The van der Waals surface area contributed by atoms with Crippen LogP contribution >= 0.6 is 11.8 Å². The Labute approximate surface area is 128 Å². The normalized spacial score (nSPS) is 16.1. The van der Waals surface area contributed by atoms with E-state index in [2.05, 4.69) is 5.10 Å². The van der Waals surface area contributed by atoms with Crippen molar-refractivity contribution in [1.29, 1.82) is 0 Å². The van der Waals surface area contributed by atoms with Gasteiger partial charge in [0.1, 0.15) is 10.1 Å². The number of benzene rings is 2. The first-order valence-corrected chi connectivity index (χ1v) is 7.45. The van der Waals surface area contributed by atoms with Gasteiger partial charge in [-0.3, -0.25) is 4.79 Å². The van der Waals surface area contributed by atoms with Gasteiger partial charge in [-0.1, -0.05) is 48.5 Å². The summed E-state index contributed by atoms with van der Waals surface area (Å²) in [6.07, 6.45) is 1.62. The number of allylic oxidation sites excluding steroid dienone is 1. The quantitative estimate of drug-likeness (QED) is 0.801.